The first-order valence-corrected chi connectivity index (χ1v) is 4.29. The average Bonchev–Trinajstić information content (AvgIpc) is 1.86. The molecule has 0 saturated carbocycles. The molecule has 0 aliphatic carbocycles. The minimum Gasteiger partial charge on any atom is -0.245 e. The largest absolute Gasteiger partial charge is 0.245 e. The number of rotatable bonds is 3. The van der Waals surface area contributed by atoms with E-state index in [9.17, 15) is 8.42 Å². The summed E-state index contributed by atoms with van der Waals surface area (Å²) in [6.45, 7) is 1.60. The maximum Gasteiger partial charge on any atom is 0.226 e. The van der Waals surface area contributed by atoms with Crippen LogP contribution in [0.5, 0.6) is 0 Å². The van der Waals surface area contributed by atoms with E-state index in [0.717, 1.165) is 4.41 Å². The zero-order valence-corrected chi connectivity index (χ0v) is 6.70. The van der Waals surface area contributed by atoms with Gasteiger partial charge in [0.05, 0.1) is 5.75 Å². The van der Waals surface area contributed by atoms with E-state index in [1.807, 2.05) is 0 Å². The Morgan fingerprint density at radius 1 is 1.56 bits per heavy atom. The summed E-state index contributed by atoms with van der Waals surface area (Å²) in [5.74, 6) is 0.129. The van der Waals surface area contributed by atoms with Crippen molar-refractivity contribution in [3.63, 3.8) is 0 Å². The van der Waals surface area contributed by atoms with Crippen LogP contribution in [0.2, 0.25) is 0 Å². The molecule has 0 radical (unpaired) electrons. The molecule has 0 aliphatic rings. The van der Waals surface area contributed by atoms with E-state index < -0.39 is 10.0 Å². The minimum atomic E-state index is -3.03. The second-order valence-corrected chi connectivity index (χ2v) is 3.88. The molecule has 0 aromatic heterocycles. The Hall–Kier alpha value is -0.130. The molecule has 5 heteroatoms. The molecule has 0 fully saturated rings. The molecule has 0 spiro atoms. The van der Waals surface area contributed by atoms with E-state index >= 15 is 0 Å². The SMILES string of the molecule is CCS(=O)(=O)N(C)NC. The highest BCUT2D eigenvalue weighted by Crippen LogP contribution is 1.90. The van der Waals surface area contributed by atoms with Gasteiger partial charge in [0.1, 0.15) is 0 Å². The Morgan fingerprint density at radius 2 is 2.00 bits per heavy atom. The Kier molecular flexibility index (Phi) is 3.10. The predicted molar refractivity (Wildman–Crippen MR) is 36.3 cm³/mol. The summed E-state index contributed by atoms with van der Waals surface area (Å²) in [6.07, 6.45) is 0. The Morgan fingerprint density at radius 3 is 2.11 bits per heavy atom. The van der Waals surface area contributed by atoms with Crippen molar-refractivity contribution in [3.8, 4) is 0 Å². The van der Waals surface area contributed by atoms with Gasteiger partial charge < -0.3 is 0 Å². The summed E-state index contributed by atoms with van der Waals surface area (Å²) in [5, 5.41) is 0. The van der Waals surface area contributed by atoms with Crippen LogP contribution in [0, 0.1) is 0 Å². The van der Waals surface area contributed by atoms with Gasteiger partial charge in [0.15, 0.2) is 0 Å². The van der Waals surface area contributed by atoms with Crippen LogP contribution in [-0.2, 0) is 10.0 Å². The van der Waals surface area contributed by atoms with Crippen molar-refractivity contribution in [2.75, 3.05) is 19.8 Å². The van der Waals surface area contributed by atoms with Crippen molar-refractivity contribution >= 4 is 10.0 Å². The molecule has 9 heavy (non-hydrogen) atoms. The number of hydrazine groups is 1. The van der Waals surface area contributed by atoms with Gasteiger partial charge in [0.2, 0.25) is 10.0 Å². The normalized spacial score (nSPS) is 12.4. The van der Waals surface area contributed by atoms with Gasteiger partial charge in [-0.05, 0) is 14.0 Å². The average molecular weight is 152 g/mol. The summed E-state index contributed by atoms with van der Waals surface area (Å²) in [7, 11) is 0.00773. The van der Waals surface area contributed by atoms with E-state index in [1.165, 1.54) is 7.05 Å². The van der Waals surface area contributed by atoms with E-state index in [2.05, 4.69) is 5.43 Å². The van der Waals surface area contributed by atoms with E-state index in [1.54, 1.807) is 14.0 Å². The standard InChI is InChI=1S/C4H12N2O2S/c1-4-9(7,8)6(3)5-2/h5H,4H2,1-3H3. The summed E-state index contributed by atoms with van der Waals surface area (Å²) < 4.78 is 22.7. The van der Waals surface area contributed by atoms with Gasteiger partial charge in [-0.2, -0.15) is 0 Å². The number of hydrogen-bond acceptors (Lipinski definition) is 3. The van der Waals surface area contributed by atoms with Crippen molar-refractivity contribution in [2.24, 2.45) is 0 Å². The van der Waals surface area contributed by atoms with Crippen molar-refractivity contribution in [2.45, 2.75) is 6.92 Å². The van der Waals surface area contributed by atoms with Crippen molar-refractivity contribution in [1.82, 2.24) is 9.84 Å². The van der Waals surface area contributed by atoms with Gasteiger partial charge in [-0.15, -0.1) is 4.41 Å². The lowest BCUT2D eigenvalue weighted by Crippen LogP contribution is -2.37. The fraction of sp³-hybridized carbons (Fsp3) is 1.00. The number of nitrogens with zero attached hydrogens (tertiary/aromatic N) is 1. The molecule has 0 aromatic rings. The highest BCUT2D eigenvalue weighted by Gasteiger charge is 2.11. The Bertz CT molecular complexity index is 163. The van der Waals surface area contributed by atoms with E-state index in [4.69, 9.17) is 0 Å². The summed E-state index contributed by atoms with van der Waals surface area (Å²) >= 11 is 0. The minimum absolute atomic E-state index is 0.129. The highest BCUT2D eigenvalue weighted by molar-refractivity contribution is 7.88. The third-order valence-electron chi connectivity index (χ3n) is 1.10. The number of hydrogen-bond donors (Lipinski definition) is 1. The van der Waals surface area contributed by atoms with Crippen LogP contribution in [0.4, 0.5) is 0 Å². The van der Waals surface area contributed by atoms with Gasteiger partial charge in [-0.3, -0.25) is 0 Å². The van der Waals surface area contributed by atoms with Crippen LogP contribution in [-0.4, -0.2) is 32.7 Å². The molecule has 0 atom stereocenters. The van der Waals surface area contributed by atoms with Crippen molar-refractivity contribution in [1.29, 1.82) is 0 Å². The van der Waals surface area contributed by atoms with Crippen LogP contribution in [0.25, 0.3) is 0 Å². The first-order chi connectivity index (χ1) is 4.04. The Balaban J connectivity index is 4.17. The first-order valence-electron chi connectivity index (χ1n) is 2.68. The molecule has 0 heterocycles. The van der Waals surface area contributed by atoms with Crippen LogP contribution >= 0.6 is 0 Å². The quantitative estimate of drug-likeness (QED) is 0.549. The molecule has 0 amide bonds. The zero-order valence-electron chi connectivity index (χ0n) is 5.88. The lowest BCUT2D eigenvalue weighted by atomic mass is 11.0. The summed E-state index contributed by atoms with van der Waals surface area (Å²) in [4.78, 5) is 0. The lowest BCUT2D eigenvalue weighted by molar-refractivity contribution is 0.404. The van der Waals surface area contributed by atoms with Gasteiger partial charge in [0, 0.05) is 7.05 Å². The fourth-order valence-electron chi connectivity index (χ4n) is 0.333. The third kappa shape index (κ3) is 2.30. The predicted octanol–water partition coefficient (Wildman–Crippen LogP) is -0.598. The molecule has 0 bridgehead atoms. The Labute approximate surface area is 55.9 Å². The molecule has 0 aliphatic heterocycles. The lowest BCUT2D eigenvalue weighted by Gasteiger charge is -2.12. The van der Waals surface area contributed by atoms with Gasteiger partial charge in [-0.25, -0.2) is 13.8 Å². The fourth-order valence-corrected chi connectivity index (χ4v) is 0.998. The molecule has 56 valence electrons. The maximum absolute atomic E-state index is 10.8. The smallest absolute Gasteiger partial charge is 0.226 e. The monoisotopic (exact) mass is 152 g/mol. The van der Waals surface area contributed by atoms with Crippen LogP contribution < -0.4 is 5.43 Å². The summed E-state index contributed by atoms with van der Waals surface area (Å²) in [6, 6.07) is 0. The van der Waals surface area contributed by atoms with Crippen molar-refractivity contribution in [3.05, 3.63) is 0 Å². The van der Waals surface area contributed by atoms with Gasteiger partial charge in [-0.1, -0.05) is 0 Å². The number of sulfonamides is 1. The highest BCUT2D eigenvalue weighted by atomic mass is 32.2. The topological polar surface area (TPSA) is 49.4 Å². The molecule has 0 saturated heterocycles. The maximum atomic E-state index is 10.8. The first kappa shape index (κ1) is 8.87. The van der Waals surface area contributed by atoms with E-state index in [0.29, 0.717) is 0 Å². The second-order valence-electron chi connectivity index (χ2n) is 1.59. The molecule has 4 nitrogen and oxygen atoms in total. The molecular formula is C4H12N2O2S. The molecular weight excluding hydrogens is 140 g/mol. The second kappa shape index (κ2) is 3.14. The summed E-state index contributed by atoms with van der Waals surface area (Å²) in [5.41, 5.74) is 2.50. The molecule has 0 rings (SSSR count). The van der Waals surface area contributed by atoms with Crippen LogP contribution in [0.1, 0.15) is 6.92 Å². The number of nitrogens with one attached hydrogen (secondary N) is 1. The van der Waals surface area contributed by atoms with Gasteiger partial charge in [0.25, 0.3) is 0 Å². The molecule has 0 aromatic carbocycles. The van der Waals surface area contributed by atoms with Crippen LogP contribution in [0.3, 0.4) is 0 Å². The van der Waals surface area contributed by atoms with Gasteiger partial charge >= 0.3 is 0 Å². The molecule has 1 N–H and O–H groups in total. The van der Waals surface area contributed by atoms with Crippen LogP contribution in [0.15, 0.2) is 0 Å². The van der Waals surface area contributed by atoms with Crippen molar-refractivity contribution < 1.29 is 8.42 Å². The van der Waals surface area contributed by atoms with E-state index in [-0.39, 0.29) is 5.75 Å². The zero-order chi connectivity index (χ0) is 7.49. The molecule has 0 unspecified atom stereocenters. The third-order valence-corrected chi connectivity index (χ3v) is 2.84.